The molecule has 2 aromatic rings. The largest absolute Gasteiger partial charge is 0.311 e. The first-order valence-corrected chi connectivity index (χ1v) is 9.00. The van der Waals surface area contributed by atoms with Crippen molar-refractivity contribution in [3.8, 4) is 0 Å². The highest BCUT2D eigenvalue weighted by molar-refractivity contribution is 7.16. The van der Waals surface area contributed by atoms with E-state index in [-0.39, 0.29) is 0 Å². The van der Waals surface area contributed by atoms with Gasteiger partial charge in [-0.05, 0) is 37.5 Å². The highest BCUT2D eigenvalue weighted by atomic mass is 35.5. The van der Waals surface area contributed by atoms with Crippen LogP contribution in [0.25, 0.3) is 0 Å². The molecule has 0 radical (unpaired) electrons. The van der Waals surface area contributed by atoms with E-state index in [2.05, 4.69) is 28.3 Å². The van der Waals surface area contributed by atoms with Crippen molar-refractivity contribution in [3.63, 3.8) is 0 Å². The molecular weight excluding hydrogens is 302 g/mol. The molecule has 21 heavy (non-hydrogen) atoms. The molecule has 2 heterocycles. The molecule has 1 fully saturated rings. The van der Waals surface area contributed by atoms with Gasteiger partial charge in [0.05, 0.1) is 16.1 Å². The Morgan fingerprint density at radius 2 is 2.10 bits per heavy atom. The lowest BCUT2D eigenvalue weighted by Crippen LogP contribution is -2.18. The van der Waals surface area contributed by atoms with Crippen LogP contribution in [0.5, 0.6) is 0 Å². The van der Waals surface area contributed by atoms with Crippen molar-refractivity contribution >= 4 is 22.9 Å². The molecule has 0 bridgehead atoms. The third kappa shape index (κ3) is 4.31. The van der Waals surface area contributed by atoms with Gasteiger partial charge < -0.3 is 5.32 Å². The molecule has 1 aliphatic carbocycles. The summed E-state index contributed by atoms with van der Waals surface area (Å²) < 4.78 is 3.05. The van der Waals surface area contributed by atoms with Crippen molar-refractivity contribution in [1.82, 2.24) is 15.1 Å². The molecule has 0 atom stereocenters. The molecule has 2 aromatic heterocycles. The summed E-state index contributed by atoms with van der Waals surface area (Å²) in [7, 11) is 0. The Balaban J connectivity index is 1.42. The standard InChI is InChI=1S/C16H22ClN3S/c17-16-7-6-15(21-16)8-10-18-12-13-9-11-20(19-13)14-4-2-1-3-5-14/h6-7,9,11,14,18H,1-5,8,10,12H2. The minimum atomic E-state index is 0.626. The summed E-state index contributed by atoms with van der Waals surface area (Å²) in [6, 6.07) is 6.84. The van der Waals surface area contributed by atoms with Crippen LogP contribution in [0.4, 0.5) is 0 Å². The third-order valence-corrected chi connectivity index (χ3v) is 5.39. The summed E-state index contributed by atoms with van der Waals surface area (Å²) in [6.07, 6.45) is 9.83. The van der Waals surface area contributed by atoms with Crippen molar-refractivity contribution in [3.05, 3.63) is 39.3 Å². The van der Waals surface area contributed by atoms with Crippen molar-refractivity contribution in [2.24, 2.45) is 0 Å². The normalized spacial score (nSPS) is 16.4. The first-order valence-electron chi connectivity index (χ1n) is 7.80. The summed E-state index contributed by atoms with van der Waals surface area (Å²) in [5, 5.41) is 8.18. The van der Waals surface area contributed by atoms with Crippen molar-refractivity contribution in [2.45, 2.75) is 51.1 Å². The van der Waals surface area contributed by atoms with E-state index in [9.17, 15) is 0 Å². The molecule has 0 unspecified atom stereocenters. The zero-order valence-electron chi connectivity index (χ0n) is 12.2. The molecule has 3 nitrogen and oxygen atoms in total. The lowest BCUT2D eigenvalue weighted by atomic mass is 9.96. The number of nitrogens with zero attached hydrogens (tertiary/aromatic N) is 2. The van der Waals surface area contributed by atoms with Crippen LogP contribution in [0, 0.1) is 0 Å². The van der Waals surface area contributed by atoms with Gasteiger partial charge in [-0.25, -0.2) is 0 Å². The van der Waals surface area contributed by atoms with E-state index in [1.807, 2.05) is 6.07 Å². The van der Waals surface area contributed by atoms with Crippen LogP contribution in [-0.2, 0) is 13.0 Å². The first-order chi connectivity index (χ1) is 10.3. The van der Waals surface area contributed by atoms with Crippen LogP contribution in [0.3, 0.4) is 0 Å². The minimum absolute atomic E-state index is 0.626. The Hall–Kier alpha value is -0.840. The summed E-state index contributed by atoms with van der Waals surface area (Å²) in [4.78, 5) is 1.33. The van der Waals surface area contributed by atoms with Crippen molar-refractivity contribution in [1.29, 1.82) is 0 Å². The number of thiophene rings is 1. The zero-order valence-corrected chi connectivity index (χ0v) is 13.8. The van der Waals surface area contributed by atoms with Crippen LogP contribution < -0.4 is 5.32 Å². The van der Waals surface area contributed by atoms with Crippen LogP contribution in [0.2, 0.25) is 4.34 Å². The molecule has 5 heteroatoms. The van der Waals surface area contributed by atoms with E-state index in [1.165, 1.54) is 37.0 Å². The second kappa shape index (κ2) is 7.43. The van der Waals surface area contributed by atoms with Crippen LogP contribution >= 0.6 is 22.9 Å². The second-order valence-corrected chi connectivity index (χ2v) is 7.51. The Labute approximate surface area is 135 Å². The molecule has 1 saturated carbocycles. The smallest absolute Gasteiger partial charge is 0.0931 e. The summed E-state index contributed by atoms with van der Waals surface area (Å²) >= 11 is 7.59. The molecule has 3 rings (SSSR count). The van der Waals surface area contributed by atoms with E-state index in [4.69, 9.17) is 16.7 Å². The van der Waals surface area contributed by atoms with Gasteiger partial charge in [0.1, 0.15) is 0 Å². The third-order valence-electron chi connectivity index (χ3n) is 4.10. The molecule has 1 aliphatic rings. The predicted octanol–water partition coefficient (Wildman–Crippen LogP) is 4.44. The Morgan fingerprint density at radius 3 is 2.86 bits per heavy atom. The Morgan fingerprint density at radius 1 is 1.24 bits per heavy atom. The van der Waals surface area contributed by atoms with E-state index in [0.717, 1.165) is 29.5 Å². The quantitative estimate of drug-likeness (QED) is 0.797. The highest BCUT2D eigenvalue weighted by Crippen LogP contribution is 2.27. The van der Waals surface area contributed by atoms with Crippen molar-refractivity contribution < 1.29 is 0 Å². The maximum Gasteiger partial charge on any atom is 0.0931 e. The highest BCUT2D eigenvalue weighted by Gasteiger charge is 2.15. The predicted molar refractivity (Wildman–Crippen MR) is 89.1 cm³/mol. The van der Waals surface area contributed by atoms with Gasteiger partial charge in [-0.15, -0.1) is 11.3 Å². The van der Waals surface area contributed by atoms with Gasteiger partial charge in [0.15, 0.2) is 0 Å². The lowest BCUT2D eigenvalue weighted by molar-refractivity contribution is 0.327. The van der Waals surface area contributed by atoms with E-state index < -0.39 is 0 Å². The maximum atomic E-state index is 5.93. The molecule has 0 saturated heterocycles. The van der Waals surface area contributed by atoms with Gasteiger partial charge in [-0.2, -0.15) is 5.10 Å². The summed E-state index contributed by atoms with van der Waals surface area (Å²) in [5.74, 6) is 0. The maximum absolute atomic E-state index is 5.93. The summed E-state index contributed by atoms with van der Waals surface area (Å²) in [5.41, 5.74) is 1.14. The molecule has 0 spiro atoms. The number of rotatable bonds is 6. The summed E-state index contributed by atoms with van der Waals surface area (Å²) in [6.45, 7) is 1.81. The van der Waals surface area contributed by atoms with E-state index in [0.29, 0.717) is 6.04 Å². The number of aromatic nitrogens is 2. The van der Waals surface area contributed by atoms with Crippen LogP contribution in [-0.4, -0.2) is 16.3 Å². The average molecular weight is 324 g/mol. The Bertz CT molecular complexity index is 557. The van der Waals surface area contributed by atoms with Gasteiger partial charge in [-0.3, -0.25) is 4.68 Å². The zero-order chi connectivity index (χ0) is 14.5. The van der Waals surface area contributed by atoms with Crippen LogP contribution in [0.15, 0.2) is 24.4 Å². The lowest BCUT2D eigenvalue weighted by Gasteiger charge is -2.21. The minimum Gasteiger partial charge on any atom is -0.311 e. The average Bonchev–Trinajstić information content (AvgIpc) is 3.14. The second-order valence-electron chi connectivity index (χ2n) is 5.71. The number of hydrogen-bond acceptors (Lipinski definition) is 3. The number of nitrogens with one attached hydrogen (secondary N) is 1. The topological polar surface area (TPSA) is 29.9 Å². The molecular formula is C16H22ClN3S. The van der Waals surface area contributed by atoms with Gasteiger partial charge in [0.2, 0.25) is 0 Å². The SMILES string of the molecule is Clc1ccc(CCNCc2ccn(C3CCCCC3)n2)s1. The van der Waals surface area contributed by atoms with Crippen LogP contribution in [0.1, 0.15) is 48.7 Å². The van der Waals surface area contributed by atoms with E-state index in [1.54, 1.807) is 11.3 Å². The number of hydrogen-bond donors (Lipinski definition) is 1. The van der Waals surface area contributed by atoms with E-state index >= 15 is 0 Å². The fourth-order valence-electron chi connectivity index (χ4n) is 2.93. The molecule has 114 valence electrons. The molecule has 0 amide bonds. The van der Waals surface area contributed by atoms with Gasteiger partial charge in [-0.1, -0.05) is 30.9 Å². The fraction of sp³-hybridized carbons (Fsp3) is 0.562. The number of halogens is 1. The monoisotopic (exact) mass is 323 g/mol. The Kier molecular flexibility index (Phi) is 5.33. The van der Waals surface area contributed by atoms with Gasteiger partial charge in [0, 0.05) is 24.2 Å². The molecule has 0 aliphatic heterocycles. The first kappa shape index (κ1) is 15.1. The van der Waals surface area contributed by atoms with Crippen molar-refractivity contribution in [2.75, 3.05) is 6.54 Å². The molecule has 1 N–H and O–H groups in total. The van der Waals surface area contributed by atoms with Gasteiger partial charge in [0.25, 0.3) is 0 Å². The molecule has 0 aromatic carbocycles. The fourth-order valence-corrected chi connectivity index (χ4v) is 4.02. The van der Waals surface area contributed by atoms with Gasteiger partial charge >= 0.3 is 0 Å².